The van der Waals surface area contributed by atoms with Crippen LogP contribution in [0.15, 0.2) is 0 Å². The van der Waals surface area contributed by atoms with Crippen LogP contribution in [0.2, 0.25) is 0 Å². The molecule has 11 heavy (non-hydrogen) atoms. The maximum absolute atomic E-state index is 7.97. The van der Waals surface area contributed by atoms with Crippen molar-refractivity contribution in [1.29, 1.82) is 0 Å². The van der Waals surface area contributed by atoms with E-state index in [-0.39, 0.29) is 6.04 Å². The van der Waals surface area contributed by atoms with Gasteiger partial charge in [-0.15, -0.1) is 0 Å². The second kappa shape index (κ2) is 1.82. The third-order valence-electron chi connectivity index (χ3n) is 4.79. The van der Waals surface area contributed by atoms with Gasteiger partial charge in [0.1, 0.15) is 0 Å². The van der Waals surface area contributed by atoms with Gasteiger partial charge < -0.3 is 0 Å². The van der Waals surface area contributed by atoms with Gasteiger partial charge in [-0.25, -0.2) is 0 Å². The predicted molar refractivity (Wildman–Crippen MR) is 46.1 cm³/mol. The molecule has 2 aliphatic carbocycles. The van der Waals surface area contributed by atoms with E-state index in [0.717, 1.165) is 12.3 Å². The lowest BCUT2D eigenvalue weighted by molar-refractivity contribution is 0.134. The molecule has 0 heterocycles. The van der Waals surface area contributed by atoms with Gasteiger partial charge >= 0.3 is 0 Å². The molecule has 0 amide bonds. The zero-order valence-corrected chi connectivity index (χ0v) is 7.78. The lowest BCUT2D eigenvalue weighted by Gasteiger charge is -2.37. The molecule has 3 atom stereocenters. The van der Waals surface area contributed by atoms with Gasteiger partial charge in [0.25, 0.3) is 0 Å². The summed E-state index contributed by atoms with van der Waals surface area (Å²) in [5.74, 6) is 0.843. The fourth-order valence-electron chi connectivity index (χ4n) is 3.20. The molecule has 0 aliphatic heterocycles. The van der Waals surface area contributed by atoms with Gasteiger partial charge in [-0.1, -0.05) is 20.8 Å². The number of nitrogens with one attached hydrogen (secondary N) is 1. The second-order valence-electron chi connectivity index (χ2n) is 5.16. The highest BCUT2D eigenvalue weighted by atomic mass is 14.8. The molecule has 3 unspecified atom stereocenters. The molecule has 2 saturated carbocycles. The summed E-state index contributed by atoms with van der Waals surface area (Å²) in [5, 5.41) is 0. The first-order valence-electron chi connectivity index (χ1n) is 4.69. The highest BCUT2D eigenvalue weighted by Crippen LogP contribution is 2.65. The molecule has 2 bridgehead atoms. The van der Waals surface area contributed by atoms with E-state index in [0.29, 0.717) is 10.8 Å². The van der Waals surface area contributed by atoms with Crippen molar-refractivity contribution in [3.8, 4) is 0 Å². The third kappa shape index (κ3) is 0.658. The average Bonchev–Trinajstić information content (AvgIpc) is 2.20. The Morgan fingerprint density at radius 2 is 1.91 bits per heavy atom. The van der Waals surface area contributed by atoms with Crippen molar-refractivity contribution < 1.29 is 0 Å². The Kier molecular flexibility index (Phi) is 1.26. The van der Waals surface area contributed by atoms with Gasteiger partial charge in [0.15, 0.2) is 0 Å². The Bertz CT molecular complexity index is 185. The minimum atomic E-state index is 0.219. The number of rotatable bonds is 0. The summed E-state index contributed by atoms with van der Waals surface area (Å²) in [6.45, 7) is 7.04. The van der Waals surface area contributed by atoms with Gasteiger partial charge in [-0.2, -0.15) is 0 Å². The minimum absolute atomic E-state index is 0.219. The van der Waals surface area contributed by atoms with E-state index in [1.165, 1.54) is 12.8 Å². The number of fused-ring (bicyclic) bond motifs is 2. The SMILES string of the molecule is CC1(C)C2CCC1(C)C([NH])C2. The molecule has 0 aromatic heterocycles. The lowest BCUT2D eigenvalue weighted by Crippen LogP contribution is -2.36. The average molecular weight is 152 g/mol. The van der Waals surface area contributed by atoms with E-state index in [2.05, 4.69) is 20.8 Å². The summed E-state index contributed by atoms with van der Waals surface area (Å²) >= 11 is 0. The predicted octanol–water partition coefficient (Wildman–Crippen LogP) is 2.48. The van der Waals surface area contributed by atoms with Crippen molar-refractivity contribution in [2.45, 2.75) is 46.1 Å². The van der Waals surface area contributed by atoms with Crippen LogP contribution < -0.4 is 5.73 Å². The Hall–Kier alpha value is -0.0400. The molecule has 2 rings (SSSR count). The Morgan fingerprint density at radius 1 is 1.27 bits per heavy atom. The molecule has 2 aliphatic rings. The topological polar surface area (TPSA) is 23.8 Å². The third-order valence-corrected chi connectivity index (χ3v) is 4.79. The van der Waals surface area contributed by atoms with Crippen molar-refractivity contribution >= 4 is 0 Å². The second-order valence-corrected chi connectivity index (χ2v) is 5.16. The van der Waals surface area contributed by atoms with Gasteiger partial charge in [-0.05, 0) is 36.0 Å². The zero-order valence-electron chi connectivity index (χ0n) is 7.78. The quantitative estimate of drug-likeness (QED) is 0.509. The van der Waals surface area contributed by atoms with Crippen molar-refractivity contribution in [3.05, 3.63) is 0 Å². The molecule has 0 spiro atoms. The monoisotopic (exact) mass is 152 g/mol. The van der Waals surface area contributed by atoms with Crippen LogP contribution in [0.4, 0.5) is 0 Å². The molecule has 0 saturated heterocycles. The molecule has 1 N–H and O–H groups in total. The summed E-state index contributed by atoms with van der Waals surface area (Å²) in [6, 6.07) is 0.219. The van der Waals surface area contributed by atoms with Gasteiger partial charge in [0.05, 0.1) is 0 Å². The summed E-state index contributed by atoms with van der Waals surface area (Å²) < 4.78 is 0. The van der Waals surface area contributed by atoms with Crippen LogP contribution >= 0.6 is 0 Å². The largest absolute Gasteiger partial charge is 0.254 e. The summed E-state index contributed by atoms with van der Waals surface area (Å²) in [7, 11) is 0. The normalized spacial score (nSPS) is 53.5. The Labute approximate surface area is 69.4 Å². The molecule has 1 nitrogen and oxygen atoms in total. The molecule has 0 aromatic rings. The summed E-state index contributed by atoms with van der Waals surface area (Å²) in [5.41, 5.74) is 8.75. The van der Waals surface area contributed by atoms with Crippen LogP contribution in [-0.2, 0) is 0 Å². The van der Waals surface area contributed by atoms with Gasteiger partial charge in [0, 0.05) is 6.04 Å². The molecule has 0 aromatic carbocycles. The van der Waals surface area contributed by atoms with E-state index in [1.54, 1.807) is 0 Å². The van der Waals surface area contributed by atoms with Gasteiger partial charge in [-0.3, -0.25) is 5.73 Å². The van der Waals surface area contributed by atoms with E-state index < -0.39 is 0 Å². The van der Waals surface area contributed by atoms with Crippen molar-refractivity contribution in [2.75, 3.05) is 0 Å². The van der Waals surface area contributed by atoms with Crippen molar-refractivity contribution in [1.82, 2.24) is 5.73 Å². The first-order chi connectivity index (χ1) is 4.98. The van der Waals surface area contributed by atoms with Crippen LogP contribution in [0.3, 0.4) is 0 Å². The first-order valence-corrected chi connectivity index (χ1v) is 4.69. The minimum Gasteiger partial charge on any atom is -0.254 e. The van der Waals surface area contributed by atoms with E-state index in [9.17, 15) is 0 Å². The fraction of sp³-hybridized carbons (Fsp3) is 1.00. The van der Waals surface area contributed by atoms with Crippen LogP contribution in [0.25, 0.3) is 0 Å². The number of hydrogen-bond acceptors (Lipinski definition) is 0. The summed E-state index contributed by atoms with van der Waals surface area (Å²) in [6.07, 6.45) is 3.82. The smallest absolute Gasteiger partial charge is 0.0274 e. The molecule has 63 valence electrons. The van der Waals surface area contributed by atoms with Crippen LogP contribution in [-0.4, -0.2) is 6.04 Å². The van der Waals surface area contributed by atoms with Crippen LogP contribution in [0.1, 0.15) is 40.0 Å². The van der Waals surface area contributed by atoms with E-state index >= 15 is 0 Å². The zero-order chi connectivity index (χ0) is 8.28. The van der Waals surface area contributed by atoms with E-state index in [1.807, 2.05) is 0 Å². The Balaban J connectivity index is 2.40. The molecule has 1 radical (unpaired) electrons. The summed E-state index contributed by atoms with van der Waals surface area (Å²) in [4.78, 5) is 0. The Morgan fingerprint density at radius 3 is 2.09 bits per heavy atom. The molecular weight excluding hydrogens is 134 g/mol. The number of hydrogen-bond donors (Lipinski definition) is 0. The van der Waals surface area contributed by atoms with Crippen LogP contribution in [0, 0.1) is 16.7 Å². The molecule has 1 heteroatoms. The lowest BCUT2D eigenvalue weighted by atomic mass is 9.69. The highest BCUT2D eigenvalue weighted by molar-refractivity contribution is 5.11. The molecular formula is C10H18N. The van der Waals surface area contributed by atoms with Crippen LogP contribution in [0.5, 0.6) is 0 Å². The van der Waals surface area contributed by atoms with Crippen molar-refractivity contribution in [2.24, 2.45) is 16.7 Å². The van der Waals surface area contributed by atoms with Gasteiger partial charge in [0.2, 0.25) is 0 Å². The first kappa shape index (κ1) is 7.60. The standard InChI is InChI=1S/C10H18N/c1-9(2)7-4-5-10(9,3)8(11)6-7/h7-8,11H,4-6H2,1-3H3. The maximum Gasteiger partial charge on any atom is 0.0274 e. The fourth-order valence-corrected chi connectivity index (χ4v) is 3.20. The highest BCUT2D eigenvalue weighted by Gasteiger charge is 2.60. The van der Waals surface area contributed by atoms with Crippen molar-refractivity contribution in [3.63, 3.8) is 0 Å². The maximum atomic E-state index is 7.97. The molecule has 2 fully saturated rings. The van der Waals surface area contributed by atoms with E-state index in [4.69, 9.17) is 5.73 Å².